The minimum Gasteiger partial charge on any atom is -0.165 e. The van der Waals surface area contributed by atoms with Gasteiger partial charge in [-0.2, -0.15) is 26.3 Å². The minimum absolute atomic E-state index is 0.0365. The van der Waals surface area contributed by atoms with Crippen LogP contribution in [0.1, 0.15) is 12.8 Å². The number of halogens is 6. The van der Waals surface area contributed by atoms with Gasteiger partial charge in [0.15, 0.2) is 11.4 Å². The fourth-order valence-electron chi connectivity index (χ4n) is 11.5. The highest BCUT2D eigenvalue weighted by molar-refractivity contribution is 6.14. The van der Waals surface area contributed by atoms with E-state index in [0.29, 0.717) is 6.42 Å². The van der Waals surface area contributed by atoms with Crippen LogP contribution in [0.25, 0.3) is 0 Å². The van der Waals surface area contributed by atoms with Crippen LogP contribution in [0.5, 0.6) is 0 Å². The summed E-state index contributed by atoms with van der Waals surface area (Å²) in [5, 5.41) is 6.69. The van der Waals surface area contributed by atoms with Gasteiger partial charge in [0.2, 0.25) is 0 Å². The molecule has 0 aromatic heterocycles. The first-order valence-corrected chi connectivity index (χ1v) is 9.81. The zero-order chi connectivity index (χ0) is 19.3. The second-order valence-corrected chi connectivity index (χ2v) is 10.0. The summed E-state index contributed by atoms with van der Waals surface area (Å²) >= 11 is 0. The summed E-state index contributed by atoms with van der Waals surface area (Å²) in [5.74, 6) is -0.441. The number of hydrogen-bond donors (Lipinski definition) is 0. The summed E-state index contributed by atoms with van der Waals surface area (Å²) in [4.78, 5) is 0. The molecule has 9 aliphatic rings. The summed E-state index contributed by atoms with van der Waals surface area (Å²) in [5.41, 5.74) is -6.98. The minimum atomic E-state index is -4.77. The molecule has 0 amide bonds. The Labute approximate surface area is 155 Å². The van der Waals surface area contributed by atoms with E-state index in [0.717, 1.165) is 6.42 Å². The van der Waals surface area contributed by atoms with Crippen molar-refractivity contribution < 1.29 is 26.3 Å². The summed E-state index contributed by atoms with van der Waals surface area (Å²) in [7, 11) is 0. The first-order valence-electron chi connectivity index (χ1n) is 9.81. The Bertz CT molecular complexity index is 954. The lowest BCUT2D eigenvalue weighted by Gasteiger charge is -2.77. The molecule has 0 aromatic rings. The van der Waals surface area contributed by atoms with E-state index in [2.05, 4.69) is 10.2 Å². The van der Waals surface area contributed by atoms with Crippen LogP contribution in [0.3, 0.4) is 0 Å². The normalized spacial score (nSPS) is 62.4. The van der Waals surface area contributed by atoms with Crippen molar-refractivity contribution in [2.24, 2.45) is 67.4 Å². The van der Waals surface area contributed by atoms with Crippen molar-refractivity contribution in [3.05, 3.63) is 24.3 Å². The maximum atomic E-state index is 14.3. The predicted molar refractivity (Wildman–Crippen MR) is 85.2 cm³/mol. The zero-order valence-electron chi connectivity index (χ0n) is 14.3. The number of hydrogen-bond acceptors (Lipinski definition) is 2. The van der Waals surface area contributed by atoms with Crippen LogP contribution < -0.4 is 0 Å². The Kier molecular flexibility index (Phi) is 1.87. The van der Waals surface area contributed by atoms with Crippen LogP contribution in [-0.2, 0) is 0 Å². The van der Waals surface area contributed by atoms with Gasteiger partial charge in [-0.1, -0.05) is 24.3 Å². The van der Waals surface area contributed by atoms with Gasteiger partial charge in [0.25, 0.3) is 0 Å². The standard InChI is InChI=1S/C20H14F6N2/c21-19(22,23)13-17-9-6-10-12-8-5-7(11(9)12)15(17)3-1-2-4-16(8,15)18(10,17)14(28-27-13)20(24,25)26/h1-4,7-12H,5-6H2/t7-,8+,9+,10-,11+,12-,15+,16-,17-,18+. The molecule has 1 heterocycles. The van der Waals surface area contributed by atoms with Crippen molar-refractivity contribution >= 4 is 11.4 Å². The molecule has 4 bridgehead atoms. The third-order valence-electron chi connectivity index (χ3n) is 10.6. The quantitative estimate of drug-likeness (QED) is 0.537. The summed E-state index contributed by atoms with van der Waals surface area (Å²) < 4.78 is 85.7. The molecule has 8 aliphatic carbocycles. The molecule has 9 rings (SSSR count). The summed E-state index contributed by atoms with van der Waals surface area (Å²) in [6, 6.07) is 0. The molecule has 0 unspecified atom stereocenters. The Balaban J connectivity index is 1.58. The molecule has 146 valence electrons. The van der Waals surface area contributed by atoms with Gasteiger partial charge in [0, 0.05) is 21.7 Å². The highest BCUT2D eigenvalue weighted by atomic mass is 19.4. The maximum absolute atomic E-state index is 14.3. The summed E-state index contributed by atoms with van der Waals surface area (Å²) in [6.45, 7) is 0. The van der Waals surface area contributed by atoms with Crippen LogP contribution in [0.15, 0.2) is 34.5 Å². The van der Waals surface area contributed by atoms with Crippen molar-refractivity contribution in [3.63, 3.8) is 0 Å². The first kappa shape index (κ1) is 15.3. The van der Waals surface area contributed by atoms with E-state index in [4.69, 9.17) is 0 Å². The number of rotatable bonds is 0. The lowest BCUT2D eigenvalue weighted by Crippen LogP contribution is -2.83. The molecule has 7 saturated carbocycles. The Morgan fingerprint density at radius 1 is 0.679 bits per heavy atom. The highest BCUT2D eigenvalue weighted by Gasteiger charge is 3.10. The fraction of sp³-hybridized carbons (Fsp3) is 0.700. The number of alkyl halides is 6. The molecular weight excluding hydrogens is 382 g/mol. The maximum Gasteiger partial charge on any atom is 0.431 e. The molecule has 1 aliphatic heterocycles. The molecular formula is C20H14F6N2. The van der Waals surface area contributed by atoms with Crippen molar-refractivity contribution in [1.29, 1.82) is 0 Å². The lowest BCUT2D eigenvalue weighted by atomic mass is 9.23. The fourth-order valence-corrected chi connectivity index (χ4v) is 11.5. The first-order chi connectivity index (χ1) is 13.1. The molecule has 4 spiro atoms. The van der Waals surface area contributed by atoms with Crippen LogP contribution in [0, 0.1) is 57.2 Å². The van der Waals surface area contributed by atoms with E-state index in [1.807, 2.05) is 12.2 Å². The number of allylic oxidation sites excluding steroid dienone is 4. The molecule has 8 heteroatoms. The molecule has 0 saturated heterocycles. The topological polar surface area (TPSA) is 24.7 Å². The summed E-state index contributed by atoms with van der Waals surface area (Å²) in [6.07, 6.45) is -1.11. The molecule has 0 aromatic carbocycles. The smallest absolute Gasteiger partial charge is 0.165 e. The lowest BCUT2D eigenvalue weighted by molar-refractivity contribution is -0.224. The van der Waals surface area contributed by atoms with E-state index >= 15 is 0 Å². The van der Waals surface area contributed by atoms with Crippen LogP contribution in [0.2, 0.25) is 0 Å². The van der Waals surface area contributed by atoms with Crippen molar-refractivity contribution in [2.75, 3.05) is 0 Å². The average molecular weight is 396 g/mol. The molecule has 28 heavy (non-hydrogen) atoms. The monoisotopic (exact) mass is 396 g/mol. The van der Waals surface area contributed by atoms with Gasteiger partial charge in [-0.25, -0.2) is 0 Å². The average Bonchev–Trinajstić information content (AvgIpc) is 3.29. The Hall–Kier alpha value is -1.60. The van der Waals surface area contributed by atoms with Gasteiger partial charge in [-0.3, -0.25) is 0 Å². The van der Waals surface area contributed by atoms with Gasteiger partial charge in [-0.15, -0.1) is 10.2 Å². The van der Waals surface area contributed by atoms with Crippen LogP contribution >= 0.6 is 0 Å². The second kappa shape index (κ2) is 3.43. The SMILES string of the molecule is FC(F)(F)C1=NN=C(C(F)(F)F)[C@@]23[C@@H]4C[C@H]5[C@H]6[C@@H]4[C@@H]4C[C@H]6[C@]6(C=CC=C[C@@]462)[C@]153. The molecule has 2 nitrogen and oxygen atoms in total. The van der Waals surface area contributed by atoms with Gasteiger partial charge in [-0.05, 0) is 48.3 Å². The van der Waals surface area contributed by atoms with E-state index in [1.54, 1.807) is 12.2 Å². The third kappa shape index (κ3) is 0.863. The van der Waals surface area contributed by atoms with Crippen molar-refractivity contribution in [1.82, 2.24) is 0 Å². The van der Waals surface area contributed by atoms with Gasteiger partial charge in [0.05, 0.1) is 0 Å². The largest absolute Gasteiger partial charge is 0.431 e. The van der Waals surface area contributed by atoms with E-state index < -0.39 is 45.4 Å². The predicted octanol–water partition coefficient (Wildman–Crippen LogP) is 4.55. The Morgan fingerprint density at radius 2 is 1.07 bits per heavy atom. The Morgan fingerprint density at radius 3 is 1.46 bits per heavy atom. The van der Waals surface area contributed by atoms with Crippen LogP contribution in [0.4, 0.5) is 26.3 Å². The molecule has 0 N–H and O–H groups in total. The zero-order valence-corrected chi connectivity index (χ0v) is 14.3. The molecule has 10 atom stereocenters. The highest BCUT2D eigenvalue weighted by Crippen LogP contribution is 3.09. The van der Waals surface area contributed by atoms with Crippen LogP contribution in [-0.4, -0.2) is 23.8 Å². The second-order valence-electron chi connectivity index (χ2n) is 10.0. The van der Waals surface area contributed by atoms with E-state index in [-0.39, 0.29) is 35.5 Å². The van der Waals surface area contributed by atoms with Gasteiger partial charge >= 0.3 is 12.4 Å². The number of nitrogens with zero attached hydrogens (tertiary/aromatic N) is 2. The third-order valence-corrected chi connectivity index (χ3v) is 10.6. The van der Waals surface area contributed by atoms with Crippen molar-refractivity contribution in [3.8, 4) is 0 Å². The molecule has 7 fully saturated rings. The van der Waals surface area contributed by atoms with Gasteiger partial charge < -0.3 is 0 Å². The van der Waals surface area contributed by atoms with E-state index in [1.165, 1.54) is 0 Å². The van der Waals surface area contributed by atoms with Gasteiger partial charge in [0.1, 0.15) is 0 Å². The molecule has 0 radical (unpaired) electrons. The van der Waals surface area contributed by atoms with E-state index in [9.17, 15) is 26.3 Å². The van der Waals surface area contributed by atoms with Crippen molar-refractivity contribution in [2.45, 2.75) is 25.2 Å².